The molecule has 0 atom stereocenters. The van der Waals surface area contributed by atoms with E-state index < -0.39 is 37.9 Å². The van der Waals surface area contributed by atoms with E-state index in [-0.39, 0.29) is 11.3 Å². The van der Waals surface area contributed by atoms with Crippen LogP contribution in [0.4, 0.5) is 18.9 Å². The molecule has 2 N–H and O–H groups in total. The monoisotopic (exact) mass is 301 g/mol. The Hall–Kier alpha value is -2.02. The summed E-state index contributed by atoms with van der Waals surface area (Å²) in [5, 5.41) is 0. The van der Waals surface area contributed by atoms with Crippen LogP contribution in [0.3, 0.4) is 0 Å². The lowest BCUT2D eigenvalue weighted by Gasteiger charge is -2.08. The SMILES string of the molecule is Nc1cc(F)c(S(=O)(=O)Cc2ccccc2F)c(F)c1. The van der Waals surface area contributed by atoms with Gasteiger partial charge in [0.2, 0.25) is 0 Å². The van der Waals surface area contributed by atoms with Crippen molar-refractivity contribution in [1.29, 1.82) is 0 Å². The van der Waals surface area contributed by atoms with Gasteiger partial charge in [-0.25, -0.2) is 21.6 Å². The number of nitrogen functional groups attached to an aromatic ring is 1. The summed E-state index contributed by atoms with van der Waals surface area (Å²) < 4.78 is 64.7. The van der Waals surface area contributed by atoms with E-state index in [1.165, 1.54) is 18.2 Å². The number of hydrogen-bond acceptors (Lipinski definition) is 3. The van der Waals surface area contributed by atoms with Gasteiger partial charge in [-0.05, 0) is 18.2 Å². The predicted molar refractivity (Wildman–Crippen MR) is 68.1 cm³/mol. The van der Waals surface area contributed by atoms with Gasteiger partial charge in [-0.1, -0.05) is 18.2 Å². The molecule has 0 aromatic heterocycles. The maximum absolute atomic E-state index is 13.6. The molecular formula is C13H10F3NO2S. The minimum absolute atomic E-state index is 0.164. The van der Waals surface area contributed by atoms with Crippen molar-refractivity contribution in [2.24, 2.45) is 0 Å². The molecule has 0 bridgehead atoms. The molecule has 3 nitrogen and oxygen atoms in total. The minimum Gasteiger partial charge on any atom is -0.399 e. The first-order valence-corrected chi connectivity index (χ1v) is 7.17. The fourth-order valence-corrected chi connectivity index (χ4v) is 3.27. The molecule has 2 rings (SSSR count). The highest BCUT2D eigenvalue weighted by atomic mass is 32.2. The Morgan fingerprint density at radius 3 is 2.05 bits per heavy atom. The Balaban J connectivity index is 2.50. The number of sulfone groups is 1. The Morgan fingerprint density at radius 2 is 1.50 bits per heavy atom. The summed E-state index contributed by atoms with van der Waals surface area (Å²) in [6.45, 7) is 0. The topological polar surface area (TPSA) is 60.2 Å². The molecule has 0 fully saturated rings. The van der Waals surface area contributed by atoms with Crippen LogP contribution < -0.4 is 5.73 Å². The number of hydrogen-bond donors (Lipinski definition) is 1. The van der Waals surface area contributed by atoms with E-state index in [0.29, 0.717) is 12.1 Å². The Bertz CT molecular complexity index is 737. The molecule has 0 aliphatic carbocycles. The zero-order valence-corrected chi connectivity index (χ0v) is 10.9. The summed E-state index contributed by atoms with van der Waals surface area (Å²) in [6.07, 6.45) is 0. The number of anilines is 1. The molecular weight excluding hydrogens is 291 g/mol. The average molecular weight is 301 g/mol. The zero-order valence-electron chi connectivity index (χ0n) is 10.1. The largest absolute Gasteiger partial charge is 0.399 e. The molecule has 0 saturated heterocycles. The summed E-state index contributed by atoms with van der Waals surface area (Å²) in [5.41, 5.74) is 4.82. The van der Waals surface area contributed by atoms with E-state index in [9.17, 15) is 21.6 Å². The van der Waals surface area contributed by atoms with Crippen LogP contribution in [0.15, 0.2) is 41.3 Å². The van der Waals surface area contributed by atoms with Crippen LogP contribution in [0, 0.1) is 17.5 Å². The Labute approximate surface area is 113 Å². The van der Waals surface area contributed by atoms with Crippen LogP contribution >= 0.6 is 0 Å². The quantitative estimate of drug-likeness (QED) is 0.887. The lowest BCUT2D eigenvalue weighted by Crippen LogP contribution is -2.11. The zero-order chi connectivity index (χ0) is 14.9. The second kappa shape index (κ2) is 5.16. The molecule has 0 unspecified atom stereocenters. The molecule has 7 heteroatoms. The van der Waals surface area contributed by atoms with E-state index in [0.717, 1.165) is 6.07 Å². The number of nitrogens with two attached hydrogens (primary N) is 1. The van der Waals surface area contributed by atoms with Gasteiger partial charge in [-0.2, -0.15) is 0 Å². The third-order valence-electron chi connectivity index (χ3n) is 2.63. The first kappa shape index (κ1) is 14.4. The highest BCUT2D eigenvalue weighted by Crippen LogP contribution is 2.25. The lowest BCUT2D eigenvalue weighted by atomic mass is 10.2. The molecule has 0 saturated carbocycles. The highest BCUT2D eigenvalue weighted by molar-refractivity contribution is 7.90. The fraction of sp³-hybridized carbons (Fsp3) is 0.0769. The summed E-state index contributed by atoms with van der Waals surface area (Å²) in [7, 11) is -4.36. The molecule has 0 spiro atoms. The van der Waals surface area contributed by atoms with Crippen LogP contribution in [0.25, 0.3) is 0 Å². The smallest absolute Gasteiger partial charge is 0.188 e. The van der Waals surface area contributed by atoms with Gasteiger partial charge in [0, 0.05) is 11.3 Å². The van der Waals surface area contributed by atoms with Crippen LogP contribution in [-0.2, 0) is 15.6 Å². The van der Waals surface area contributed by atoms with E-state index in [1.807, 2.05) is 0 Å². The van der Waals surface area contributed by atoms with Crippen LogP contribution in [0.5, 0.6) is 0 Å². The first-order valence-electron chi connectivity index (χ1n) is 5.52. The Morgan fingerprint density at radius 1 is 0.950 bits per heavy atom. The Kier molecular flexibility index (Phi) is 3.71. The van der Waals surface area contributed by atoms with E-state index >= 15 is 0 Å². The predicted octanol–water partition coefficient (Wildman–Crippen LogP) is 2.66. The van der Waals surface area contributed by atoms with Gasteiger partial charge in [0.25, 0.3) is 0 Å². The lowest BCUT2D eigenvalue weighted by molar-refractivity contribution is 0.519. The third-order valence-corrected chi connectivity index (χ3v) is 4.34. The molecule has 106 valence electrons. The molecule has 0 radical (unpaired) electrons. The van der Waals surface area contributed by atoms with Gasteiger partial charge < -0.3 is 5.73 Å². The summed E-state index contributed by atoms with van der Waals surface area (Å²) >= 11 is 0. The van der Waals surface area contributed by atoms with Crippen molar-refractivity contribution >= 4 is 15.5 Å². The van der Waals surface area contributed by atoms with Gasteiger partial charge >= 0.3 is 0 Å². The summed E-state index contributed by atoms with van der Waals surface area (Å²) in [5.74, 6) is -4.18. The number of halogens is 3. The molecule has 20 heavy (non-hydrogen) atoms. The van der Waals surface area contributed by atoms with E-state index in [2.05, 4.69) is 0 Å². The standard InChI is InChI=1S/C13H10F3NO2S/c14-10-4-2-1-3-8(10)7-20(18,19)13-11(15)5-9(17)6-12(13)16/h1-6H,7,17H2. The molecule has 2 aromatic carbocycles. The average Bonchev–Trinajstić information content (AvgIpc) is 2.30. The van der Waals surface area contributed by atoms with Gasteiger partial charge in [0.15, 0.2) is 9.84 Å². The van der Waals surface area contributed by atoms with Crippen molar-refractivity contribution in [3.05, 3.63) is 59.4 Å². The van der Waals surface area contributed by atoms with Crippen molar-refractivity contribution in [1.82, 2.24) is 0 Å². The van der Waals surface area contributed by atoms with Crippen molar-refractivity contribution in [2.75, 3.05) is 5.73 Å². The van der Waals surface area contributed by atoms with Crippen LogP contribution in [-0.4, -0.2) is 8.42 Å². The molecule has 0 aliphatic heterocycles. The van der Waals surface area contributed by atoms with Crippen molar-refractivity contribution in [3.63, 3.8) is 0 Å². The van der Waals surface area contributed by atoms with Crippen molar-refractivity contribution in [2.45, 2.75) is 10.6 Å². The summed E-state index contributed by atoms with van der Waals surface area (Å²) in [6, 6.07) is 6.54. The van der Waals surface area contributed by atoms with Crippen molar-refractivity contribution in [3.8, 4) is 0 Å². The maximum atomic E-state index is 13.6. The molecule has 0 aliphatic rings. The molecule has 0 heterocycles. The van der Waals surface area contributed by atoms with E-state index in [1.54, 1.807) is 0 Å². The second-order valence-corrected chi connectivity index (χ2v) is 6.09. The fourth-order valence-electron chi connectivity index (χ4n) is 1.77. The maximum Gasteiger partial charge on any atom is 0.188 e. The van der Waals surface area contributed by atoms with Gasteiger partial charge in [-0.3, -0.25) is 0 Å². The number of benzene rings is 2. The van der Waals surface area contributed by atoms with Crippen LogP contribution in [0.1, 0.15) is 5.56 Å². The van der Waals surface area contributed by atoms with Crippen molar-refractivity contribution < 1.29 is 21.6 Å². The number of rotatable bonds is 3. The van der Waals surface area contributed by atoms with Crippen LogP contribution in [0.2, 0.25) is 0 Å². The highest BCUT2D eigenvalue weighted by Gasteiger charge is 2.26. The van der Waals surface area contributed by atoms with Gasteiger partial charge in [0.1, 0.15) is 22.3 Å². The molecule has 0 amide bonds. The van der Waals surface area contributed by atoms with E-state index in [4.69, 9.17) is 5.73 Å². The van der Waals surface area contributed by atoms with Gasteiger partial charge in [0.05, 0.1) is 5.75 Å². The normalized spacial score (nSPS) is 11.6. The van der Waals surface area contributed by atoms with Gasteiger partial charge in [-0.15, -0.1) is 0 Å². The first-order chi connectivity index (χ1) is 9.31. The summed E-state index contributed by atoms with van der Waals surface area (Å²) in [4.78, 5) is -1.10. The molecule has 2 aromatic rings. The minimum atomic E-state index is -4.36. The second-order valence-electron chi connectivity index (χ2n) is 4.16. The third kappa shape index (κ3) is 2.77.